The molecule has 1 aliphatic heterocycles. The van der Waals surface area contributed by atoms with Gasteiger partial charge in [0, 0.05) is 35.4 Å². The summed E-state index contributed by atoms with van der Waals surface area (Å²) in [5, 5.41) is 3.23. The Morgan fingerprint density at radius 2 is 2.20 bits per heavy atom. The van der Waals surface area contributed by atoms with Crippen LogP contribution in [0.5, 0.6) is 0 Å². The van der Waals surface area contributed by atoms with E-state index in [0.717, 1.165) is 17.7 Å². The predicted molar refractivity (Wildman–Crippen MR) is 80.6 cm³/mol. The number of hydrogen-bond acceptors (Lipinski definition) is 4. The van der Waals surface area contributed by atoms with Crippen molar-refractivity contribution in [1.82, 2.24) is 10.0 Å². The first-order chi connectivity index (χ1) is 9.40. The lowest BCUT2D eigenvalue weighted by atomic mass is 10.0. The third-order valence-electron chi connectivity index (χ3n) is 3.23. The topological polar surface area (TPSA) is 75.3 Å². The minimum Gasteiger partial charge on any atom is -0.312 e. The minimum atomic E-state index is -3.56. The van der Waals surface area contributed by atoms with Gasteiger partial charge in [-0.25, -0.2) is 13.1 Å². The van der Waals surface area contributed by atoms with Gasteiger partial charge in [0.2, 0.25) is 10.0 Å². The smallest absolute Gasteiger partial charge is 0.241 e. The highest BCUT2D eigenvalue weighted by molar-refractivity contribution is 7.89. The third-order valence-corrected chi connectivity index (χ3v) is 5.87. The molecule has 1 aliphatic rings. The zero-order valence-electron chi connectivity index (χ0n) is 11.7. The Hall–Kier alpha value is -0.760. The second kappa shape index (κ2) is 6.34. The molecule has 2 unspecified atom stereocenters. The maximum atomic E-state index is 12.5. The molecule has 5 nitrogen and oxygen atoms in total. The summed E-state index contributed by atoms with van der Waals surface area (Å²) in [6.45, 7) is 3.22. The standard InChI is InChI=1S/C13H20N2O3S2/c1-10(9-19(2)16)15-20(17,18)13-5-3-4-11-8-14-7-6-12(11)13/h3-5,10,14-15H,6-9H2,1-2H3. The van der Waals surface area contributed by atoms with E-state index in [2.05, 4.69) is 10.0 Å². The van der Waals surface area contributed by atoms with Crippen LogP contribution in [0.3, 0.4) is 0 Å². The van der Waals surface area contributed by atoms with Crippen molar-refractivity contribution in [3.63, 3.8) is 0 Å². The van der Waals surface area contributed by atoms with Crippen molar-refractivity contribution in [2.45, 2.75) is 30.8 Å². The molecule has 0 saturated carbocycles. The van der Waals surface area contributed by atoms with Crippen molar-refractivity contribution < 1.29 is 12.6 Å². The lowest BCUT2D eigenvalue weighted by Crippen LogP contribution is -2.37. The van der Waals surface area contributed by atoms with E-state index in [1.54, 1.807) is 25.3 Å². The fourth-order valence-corrected chi connectivity index (χ4v) is 4.91. The molecule has 112 valence electrons. The van der Waals surface area contributed by atoms with Gasteiger partial charge in [-0.15, -0.1) is 0 Å². The Labute approximate surface area is 122 Å². The van der Waals surface area contributed by atoms with Gasteiger partial charge in [-0.3, -0.25) is 4.21 Å². The zero-order chi connectivity index (χ0) is 14.8. The van der Waals surface area contributed by atoms with Crippen molar-refractivity contribution >= 4 is 20.8 Å². The van der Waals surface area contributed by atoms with E-state index in [1.165, 1.54) is 0 Å². The first-order valence-electron chi connectivity index (χ1n) is 6.54. The second-order valence-electron chi connectivity index (χ2n) is 5.08. The maximum absolute atomic E-state index is 12.5. The summed E-state index contributed by atoms with van der Waals surface area (Å²) in [5.74, 6) is 0.315. The Kier molecular flexibility index (Phi) is 4.95. The molecule has 0 amide bonds. The molecule has 0 spiro atoms. The number of hydrogen-bond donors (Lipinski definition) is 2. The van der Waals surface area contributed by atoms with E-state index in [0.29, 0.717) is 23.6 Å². The van der Waals surface area contributed by atoms with Gasteiger partial charge in [-0.2, -0.15) is 0 Å². The van der Waals surface area contributed by atoms with Crippen LogP contribution in [0.15, 0.2) is 23.1 Å². The molecule has 0 saturated heterocycles. The van der Waals surface area contributed by atoms with Gasteiger partial charge < -0.3 is 5.32 Å². The van der Waals surface area contributed by atoms with E-state index < -0.39 is 20.8 Å². The van der Waals surface area contributed by atoms with Crippen LogP contribution in [-0.2, 0) is 33.8 Å². The van der Waals surface area contributed by atoms with E-state index in [9.17, 15) is 12.6 Å². The van der Waals surface area contributed by atoms with Crippen LogP contribution in [0.2, 0.25) is 0 Å². The molecule has 7 heteroatoms. The summed E-state index contributed by atoms with van der Waals surface area (Å²) in [5.41, 5.74) is 1.93. The SMILES string of the molecule is CC(CS(C)=O)NS(=O)(=O)c1cccc2c1CCNC2. The molecule has 0 bridgehead atoms. The summed E-state index contributed by atoms with van der Waals surface area (Å²) in [7, 11) is -4.58. The fraction of sp³-hybridized carbons (Fsp3) is 0.538. The molecular formula is C13H20N2O3S2. The Morgan fingerprint density at radius 3 is 2.90 bits per heavy atom. The van der Waals surface area contributed by atoms with Gasteiger partial charge in [0.1, 0.15) is 0 Å². The van der Waals surface area contributed by atoms with Crippen molar-refractivity contribution in [2.24, 2.45) is 0 Å². The number of fused-ring (bicyclic) bond motifs is 1. The largest absolute Gasteiger partial charge is 0.312 e. The van der Waals surface area contributed by atoms with Crippen LogP contribution >= 0.6 is 0 Å². The quantitative estimate of drug-likeness (QED) is 0.823. The van der Waals surface area contributed by atoms with E-state index >= 15 is 0 Å². The third kappa shape index (κ3) is 3.66. The maximum Gasteiger partial charge on any atom is 0.241 e. The molecule has 0 fully saturated rings. The summed E-state index contributed by atoms with van der Waals surface area (Å²) in [6.07, 6.45) is 2.28. The molecule has 2 rings (SSSR count). The summed E-state index contributed by atoms with van der Waals surface area (Å²) < 4.78 is 38.7. The highest BCUT2D eigenvalue weighted by Gasteiger charge is 2.23. The first kappa shape index (κ1) is 15.6. The highest BCUT2D eigenvalue weighted by Crippen LogP contribution is 2.22. The van der Waals surface area contributed by atoms with Crippen molar-refractivity contribution in [3.05, 3.63) is 29.3 Å². The van der Waals surface area contributed by atoms with Crippen LogP contribution < -0.4 is 10.0 Å². The van der Waals surface area contributed by atoms with E-state index in [1.807, 2.05) is 6.07 Å². The summed E-state index contributed by atoms with van der Waals surface area (Å²) >= 11 is 0. The van der Waals surface area contributed by atoms with E-state index in [4.69, 9.17) is 0 Å². The number of sulfonamides is 1. The molecular weight excluding hydrogens is 296 g/mol. The second-order valence-corrected chi connectivity index (χ2v) is 8.24. The molecule has 1 heterocycles. The molecule has 2 N–H and O–H groups in total. The number of nitrogens with one attached hydrogen (secondary N) is 2. The molecule has 1 aromatic rings. The van der Waals surface area contributed by atoms with E-state index in [-0.39, 0.29) is 6.04 Å². The average Bonchev–Trinajstić information content (AvgIpc) is 2.36. The normalized spacial score (nSPS) is 18.3. The van der Waals surface area contributed by atoms with Crippen LogP contribution in [-0.4, -0.2) is 37.2 Å². The van der Waals surface area contributed by atoms with Crippen LogP contribution in [0, 0.1) is 0 Å². The van der Waals surface area contributed by atoms with Gasteiger partial charge in [-0.05, 0) is 37.1 Å². The average molecular weight is 316 g/mol. The number of rotatable bonds is 5. The van der Waals surface area contributed by atoms with Crippen molar-refractivity contribution in [3.8, 4) is 0 Å². The molecule has 2 atom stereocenters. The van der Waals surface area contributed by atoms with Crippen LogP contribution in [0.1, 0.15) is 18.1 Å². The van der Waals surface area contributed by atoms with Crippen molar-refractivity contribution in [1.29, 1.82) is 0 Å². The fourth-order valence-electron chi connectivity index (χ4n) is 2.46. The van der Waals surface area contributed by atoms with Crippen molar-refractivity contribution in [2.75, 3.05) is 18.6 Å². The first-order valence-corrected chi connectivity index (χ1v) is 9.75. The molecule has 0 aliphatic carbocycles. The lowest BCUT2D eigenvalue weighted by molar-refractivity contribution is 0.565. The summed E-state index contributed by atoms with van der Waals surface area (Å²) in [6, 6.07) is 5.01. The van der Waals surface area contributed by atoms with Gasteiger partial charge in [-0.1, -0.05) is 12.1 Å². The molecule has 20 heavy (non-hydrogen) atoms. The minimum absolute atomic E-state index is 0.315. The van der Waals surface area contributed by atoms with Gasteiger partial charge >= 0.3 is 0 Å². The Balaban J connectivity index is 2.28. The molecule has 0 radical (unpaired) electrons. The Morgan fingerprint density at radius 1 is 1.45 bits per heavy atom. The lowest BCUT2D eigenvalue weighted by Gasteiger charge is -2.21. The molecule has 0 aromatic heterocycles. The highest BCUT2D eigenvalue weighted by atomic mass is 32.2. The Bertz CT molecular complexity index is 614. The van der Waals surface area contributed by atoms with Gasteiger partial charge in [0.15, 0.2) is 0 Å². The van der Waals surface area contributed by atoms with Gasteiger partial charge in [0.25, 0.3) is 0 Å². The zero-order valence-corrected chi connectivity index (χ0v) is 13.3. The molecule has 1 aromatic carbocycles. The number of benzene rings is 1. The predicted octanol–water partition coefficient (Wildman–Crippen LogP) is 0.378. The van der Waals surface area contributed by atoms with Gasteiger partial charge in [0.05, 0.1) is 4.90 Å². The van der Waals surface area contributed by atoms with Crippen LogP contribution in [0.4, 0.5) is 0 Å². The van der Waals surface area contributed by atoms with Crippen LogP contribution in [0.25, 0.3) is 0 Å². The monoisotopic (exact) mass is 316 g/mol. The summed E-state index contributed by atoms with van der Waals surface area (Å²) in [4.78, 5) is 0.352.